The third-order valence-electron chi connectivity index (χ3n) is 17.8. The summed E-state index contributed by atoms with van der Waals surface area (Å²) in [5, 5.41) is 14.0. The zero-order chi connectivity index (χ0) is 62.6. The number of hydrogen-bond acceptors (Lipinski definition) is 6. The van der Waals surface area contributed by atoms with Crippen molar-refractivity contribution in [2.75, 3.05) is 40.9 Å². The molecule has 9 heteroatoms. The number of amides is 1. The molecule has 0 spiro atoms. The van der Waals surface area contributed by atoms with Crippen molar-refractivity contribution in [2.24, 2.45) is 0 Å². The number of nitrogens with zero attached hydrogens (tertiary/aromatic N) is 1. The standard InChI is InChI=1S/C77H151N2O6P/c1-6-8-10-12-14-16-18-20-22-24-26-28-30-32-34-36-37-38-39-40-41-43-45-47-49-51-53-55-57-59-61-63-65-67-69-71-77(81)78-75(74-85-86(82,83)84-73-72-79(3,4)5)76(80)70-68-66-64-62-60-58-56-54-52-50-48-46-44-42-35-33-31-29-27-25-23-21-19-17-15-13-11-9-7-2/h52,54,60,62,68,70,75-76,80H,6-51,53,55-59,61,63-67,69,71-74H2,1-5H3,(H-,78,81,82,83)/b54-52+,62-60+,70-68+. The van der Waals surface area contributed by atoms with Crippen LogP contribution in [0.25, 0.3) is 0 Å². The Morgan fingerprint density at radius 3 is 0.942 bits per heavy atom. The van der Waals surface area contributed by atoms with Gasteiger partial charge in [0.2, 0.25) is 5.91 Å². The van der Waals surface area contributed by atoms with Crippen LogP contribution < -0.4 is 10.2 Å². The molecule has 0 aromatic heterocycles. The van der Waals surface area contributed by atoms with Crippen LogP contribution in [-0.2, 0) is 18.4 Å². The van der Waals surface area contributed by atoms with Crippen LogP contribution in [0.15, 0.2) is 36.5 Å². The monoisotopic (exact) mass is 1230 g/mol. The highest BCUT2D eigenvalue weighted by molar-refractivity contribution is 7.45. The number of allylic oxidation sites excluding steroid dienone is 5. The molecular weight excluding hydrogens is 1080 g/mol. The van der Waals surface area contributed by atoms with Gasteiger partial charge in [-0.15, -0.1) is 0 Å². The van der Waals surface area contributed by atoms with Crippen LogP contribution in [0.1, 0.15) is 399 Å². The van der Waals surface area contributed by atoms with Crippen molar-refractivity contribution in [1.82, 2.24) is 5.32 Å². The summed E-state index contributed by atoms with van der Waals surface area (Å²) in [6.07, 6.45) is 91.7. The quantitative estimate of drug-likeness (QED) is 0.0272. The third kappa shape index (κ3) is 70.2. The van der Waals surface area contributed by atoms with E-state index in [4.69, 9.17) is 9.05 Å². The van der Waals surface area contributed by atoms with Gasteiger partial charge >= 0.3 is 0 Å². The molecule has 0 rings (SSSR count). The zero-order valence-corrected chi connectivity index (χ0v) is 59.4. The molecule has 0 fully saturated rings. The lowest BCUT2D eigenvalue weighted by atomic mass is 10.0. The van der Waals surface area contributed by atoms with E-state index in [-0.39, 0.29) is 12.5 Å². The molecule has 0 aliphatic heterocycles. The average molecular weight is 1230 g/mol. The van der Waals surface area contributed by atoms with Crippen LogP contribution in [0.5, 0.6) is 0 Å². The van der Waals surface area contributed by atoms with Crippen LogP contribution in [-0.4, -0.2) is 68.5 Å². The first kappa shape index (κ1) is 84.7. The Morgan fingerprint density at radius 1 is 0.395 bits per heavy atom. The smallest absolute Gasteiger partial charge is 0.268 e. The lowest BCUT2D eigenvalue weighted by molar-refractivity contribution is -0.870. The molecule has 0 aliphatic rings. The van der Waals surface area contributed by atoms with Crippen LogP contribution in [0.3, 0.4) is 0 Å². The molecule has 0 heterocycles. The van der Waals surface area contributed by atoms with Crippen molar-refractivity contribution >= 4 is 13.7 Å². The Hall–Kier alpha value is -1.28. The first-order valence-corrected chi connectivity index (χ1v) is 39.8. The molecule has 0 aromatic rings. The topological polar surface area (TPSA) is 108 Å². The number of nitrogens with one attached hydrogen (secondary N) is 1. The first-order valence-electron chi connectivity index (χ1n) is 38.4. The van der Waals surface area contributed by atoms with Gasteiger partial charge in [-0.1, -0.05) is 384 Å². The number of carbonyl (C=O) groups is 1. The van der Waals surface area contributed by atoms with Crippen molar-refractivity contribution in [1.29, 1.82) is 0 Å². The number of hydrogen-bond donors (Lipinski definition) is 2. The van der Waals surface area contributed by atoms with E-state index in [0.717, 1.165) is 44.9 Å². The Morgan fingerprint density at radius 2 is 0.651 bits per heavy atom. The SMILES string of the molecule is CCCCCCCCCCCCCCCCCCCCC/C=C/CC/C=C/CC/C=C/C(O)C(COP(=O)([O-])OCC[N+](C)(C)C)NC(=O)CCCCCCCCCCCCCCCCCCCCCCCCCCCCCCCCCCCCC. The Bertz CT molecular complexity index is 1500. The molecular formula is C77H151N2O6P. The summed E-state index contributed by atoms with van der Waals surface area (Å²) in [4.78, 5) is 25.7. The number of quaternary nitrogens is 1. The summed E-state index contributed by atoms with van der Waals surface area (Å²) in [6, 6.07) is -0.910. The van der Waals surface area contributed by atoms with E-state index in [1.165, 1.54) is 334 Å². The number of carbonyl (C=O) groups excluding carboxylic acids is 1. The highest BCUT2D eigenvalue weighted by Gasteiger charge is 2.23. The van der Waals surface area contributed by atoms with Gasteiger partial charge in [0, 0.05) is 6.42 Å². The lowest BCUT2D eigenvalue weighted by Gasteiger charge is -2.29. The van der Waals surface area contributed by atoms with Gasteiger partial charge in [-0.05, 0) is 44.9 Å². The Labute approximate surface area is 537 Å². The second-order valence-corrected chi connectivity index (χ2v) is 29.1. The van der Waals surface area contributed by atoms with Crippen molar-refractivity contribution < 1.29 is 32.9 Å². The van der Waals surface area contributed by atoms with E-state index in [9.17, 15) is 19.4 Å². The fourth-order valence-corrected chi connectivity index (χ4v) is 12.6. The summed E-state index contributed by atoms with van der Waals surface area (Å²) < 4.78 is 23.5. The van der Waals surface area contributed by atoms with Gasteiger partial charge in [-0.2, -0.15) is 0 Å². The zero-order valence-electron chi connectivity index (χ0n) is 58.5. The van der Waals surface area contributed by atoms with Gasteiger partial charge in [-0.3, -0.25) is 9.36 Å². The molecule has 0 aromatic carbocycles. The first-order chi connectivity index (χ1) is 42.0. The van der Waals surface area contributed by atoms with Crippen molar-refractivity contribution in [3.05, 3.63) is 36.5 Å². The number of phosphoric ester groups is 1. The van der Waals surface area contributed by atoms with Gasteiger partial charge in [0.25, 0.3) is 7.82 Å². The summed E-state index contributed by atoms with van der Waals surface area (Å²) in [6.45, 7) is 4.69. The number of unbranched alkanes of at least 4 members (excludes halogenated alkanes) is 55. The summed E-state index contributed by atoms with van der Waals surface area (Å²) in [7, 11) is 1.25. The molecule has 2 N–H and O–H groups in total. The minimum atomic E-state index is -4.62. The highest BCUT2D eigenvalue weighted by atomic mass is 31.2. The maximum absolute atomic E-state index is 13.1. The molecule has 0 saturated heterocycles. The van der Waals surface area contributed by atoms with Crippen LogP contribution in [0.4, 0.5) is 0 Å². The van der Waals surface area contributed by atoms with E-state index in [0.29, 0.717) is 17.4 Å². The minimum absolute atomic E-state index is 0.00698. The van der Waals surface area contributed by atoms with Gasteiger partial charge in [0.1, 0.15) is 13.2 Å². The molecule has 8 nitrogen and oxygen atoms in total. The molecule has 1 amide bonds. The fraction of sp³-hybridized carbons (Fsp3) is 0.909. The number of aliphatic hydroxyl groups is 1. The molecule has 3 unspecified atom stereocenters. The molecule has 0 bridgehead atoms. The largest absolute Gasteiger partial charge is 0.756 e. The van der Waals surface area contributed by atoms with Crippen LogP contribution >= 0.6 is 7.82 Å². The van der Waals surface area contributed by atoms with Gasteiger partial charge in [0.15, 0.2) is 0 Å². The summed E-state index contributed by atoms with van der Waals surface area (Å²) >= 11 is 0. The molecule has 3 atom stereocenters. The summed E-state index contributed by atoms with van der Waals surface area (Å²) in [5.41, 5.74) is 0. The Kier molecular flexibility index (Phi) is 67.1. The van der Waals surface area contributed by atoms with Crippen LogP contribution in [0, 0.1) is 0 Å². The number of phosphoric acid groups is 1. The van der Waals surface area contributed by atoms with E-state index in [1.807, 2.05) is 27.2 Å². The molecule has 510 valence electrons. The normalized spacial score (nSPS) is 13.7. The van der Waals surface area contributed by atoms with Gasteiger partial charge in [-0.25, -0.2) is 0 Å². The van der Waals surface area contributed by atoms with E-state index in [1.54, 1.807) is 6.08 Å². The van der Waals surface area contributed by atoms with Gasteiger partial charge in [0.05, 0.1) is 39.9 Å². The lowest BCUT2D eigenvalue weighted by Crippen LogP contribution is -2.45. The number of likely N-dealkylation sites (N-methyl/N-ethyl adjacent to an activating group) is 1. The van der Waals surface area contributed by atoms with E-state index in [2.05, 4.69) is 43.5 Å². The highest BCUT2D eigenvalue weighted by Crippen LogP contribution is 2.38. The third-order valence-corrected chi connectivity index (χ3v) is 18.8. The predicted molar refractivity (Wildman–Crippen MR) is 376 cm³/mol. The maximum Gasteiger partial charge on any atom is 0.268 e. The van der Waals surface area contributed by atoms with Crippen molar-refractivity contribution in [3.8, 4) is 0 Å². The van der Waals surface area contributed by atoms with E-state index >= 15 is 0 Å². The van der Waals surface area contributed by atoms with Crippen LogP contribution in [0.2, 0.25) is 0 Å². The van der Waals surface area contributed by atoms with E-state index < -0.39 is 26.6 Å². The maximum atomic E-state index is 13.1. The fourth-order valence-electron chi connectivity index (χ4n) is 11.9. The second kappa shape index (κ2) is 68.1. The molecule has 0 saturated carbocycles. The molecule has 0 aliphatic carbocycles. The predicted octanol–water partition coefficient (Wildman–Crippen LogP) is 24.2. The number of rotatable bonds is 72. The number of aliphatic hydroxyl groups excluding tert-OH is 1. The summed E-state index contributed by atoms with van der Waals surface area (Å²) in [5.74, 6) is -0.202. The minimum Gasteiger partial charge on any atom is -0.756 e. The van der Waals surface area contributed by atoms with Crippen molar-refractivity contribution in [3.63, 3.8) is 0 Å². The average Bonchev–Trinajstić information content (AvgIpc) is 3.70. The molecule has 86 heavy (non-hydrogen) atoms. The molecule has 0 radical (unpaired) electrons. The Balaban J connectivity index is 4.01. The van der Waals surface area contributed by atoms with Gasteiger partial charge < -0.3 is 28.8 Å². The van der Waals surface area contributed by atoms with Crippen molar-refractivity contribution in [2.45, 2.75) is 411 Å². The second-order valence-electron chi connectivity index (χ2n) is 27.7.